The number of aryl methyl sites for hydroxylation is 1. The van der Waals surface area contributed by atoms with Crippen LogP contribution < -0.4 is 15.0 Å². The number of hydrogen-bond acceptors (Lipinski definition) is 5. The van der Waals surface area contributed by atoms with E-state index in [1.54, 1.807) is 23.5 Å². The molecule has 0 aliphatic carbocycles. The second-order valence-corrected chi connectivity index (χ2v) is 10.7. The standard InChI is InChI=1S/C25H33N3O4S/c1-32-23-9-7-22(8-10-23)27-18-14-21(15-19-27)26-25(29)13-6-20-4-11-24(12-5-20)33(30,31)28-16-2-3-17-28/h4-5,7-12,21H,2-3,6,13-19H2,1H3,(H,26,29). The molecule has 0 aromatic heterocycles. The number of piperidine rings is 1. The Kier molecular flexibility index (Phi) is 7.55. The van der Waals surface area contributed by atoms with Gasteiger partial charge in [-0.2, -0.15) is 4.31 Å². The third-order valence-corrected chi connectivity index (χ3v) is 8.48. The van der Waals surface area contributed by atoms with E-state index in [0.717, 1.165) is 50.1 Å². The van der Waals surface area contributed by atoms with E-state index in [9.17, 15) is 13.2 Å². The van der Waals surface area contributed by atoms with Crippen LogP contribution in [0.4, 0.5) is 5.69 Å². The van der Waals surface area contributed by atoms with E-state index in [0.29, 0.717) is 30.8 Å². The maximum Gasteiger partial charge on any atom is 0.243 e. The molecular weight excluding hydrogens is 438 g/mol. The van der Waals surface area contributed by atoms with Crippen molar-refractivity contribution in [3.63, 3.8) is 0 Å². The van der Waals surface area contributed by atoms with Crippen molar-refractivity contribution in [2.75, 3.05) is 38.2 Å². The third kappa shape index (κ3) is 5.86. The van der Waals surface area contributed by atoms with E-state index in [2.05, 4.69) is 22.3 Å². The quantitative estimate of drug-likeness (QED) is 0.640. The lowest BCUT2D eigenvalue weighted by molar-refractivity contribution is -0.121. The molecular formula is C25H33N3O4S. The Morgan fingerprint density at radius 3 is 2.21 bits per heavy atom. The number of nitrogens with one attached hydrogen (secondary N) is 1. The maximum absolute atomic E-state index is 12.6. The summed E-state index contributed by atoms with van der Waals surface area (Å²) in [6, 6.07) is 15.2. The zero-order valence-corrected chi connectivity index (χ0v) is 20.0. The van der Waals surface area contributed by atoms with E-state index >= 15 is 0 Å². The van der Waals surface area contributed by atoms with Crippen LogP contribution in [-0.4, -0.2) is 58.0 Å². The van der Waals surface area contributed by atoms with Crippen molar-refractivity contribution >= 4 is 21.6 Å². The van der Waals surface area contributed by atoms with E-state index in [1.165, 1.54) is 5.69 Å². The monoisotopic (exact) mass is 471 g/mol. The first kappa shape index (κ1) is 23.6. The van der Waals surface area contributed by atoms with Crippen LogP contribution in [0.25, 0.3) is 0 Å². The molecule has 0 atom stereocenters. The minimum atomic E-state index is -3.39. The average molecular weight is 472 g/mol. The van der Waals surface area contributed by atoms with Crippen molar-refractivity contribution in [1.29, 1.82) is 0 Å². The Bertz CT molecular complexity index is 1020. The molecule has 2 aromatic carbocycles. The van der Waals surface area contributed by atoms with E-state index in [1.807, 2.05) is 24.3 Å². The van der Waals surface area contributed by atoms with Crippen LogP contribution >= 0.6 is 0 Å². The summed E-state index contributed by atoms with van der Waals surface area (Å²) in [6.45, 7) is 3.01. The van der Waals surface area contributed by atoms with Gasteiger partial charge in [0.2, 0.25) is 15.9 Å². The van der Waals surface area contributed by atoms with Gasteiger partial charge >= 0.3 is 0 Å². The molecule has 2 aromatic rings. The molecule has 1 N–H and O–H groups in total. The van der Waals surface area contributed by atoms with Gasteiger partial charge in [0.1, 0.15) is 5.75 Å². The van der Waals surface area contributed by atoms with Crippen LogP contribution in [0.2, 0.25) is 0 Å². The van der Waals surface area contributed by atoms with Gasteiger partial charge in [-0.1, -0.05) is 12.1 Å². The summed E-state index contributed by atoms with van der Waals surface area (Å²) in [7, 11) is -1.73. The Hall–Kier alpha value is -2.58. The fourth-order valence-corrected chi connectivity index (χ4v) is 6.06. The zero-order valence-electron chi connectivity index (χ0n) is 19.2. The molecule has 33 heavy (non-hydrogen) atoms. The highest BCUT2D eigenvalue weighted by molar-refractivity contribution is 7.89. The molecule has 0 unspecified atom stereocenters. The van der Waals surface area contributed by atoms with Crippen LogP contribution in [0.3, 0.4) is 0 Å². The zero-order chi connectivity index (χ0) is 23.3. The molecule has 7 nitrogen and oxygen atoms in total. The lowest BCUT2D eigenvalue weighted by Gasteiger charge is -2.34. The van der Waals surface area contributed by atoms with Gasteiger partial charge in [0.25, 0.3) is 0 Å². The average Bonchev–Trinajstić information content (AvgIpc) is 3.40. The number of nitrogens with zero attached hydrogens (tertiary/aromatic N) is 2. The topological polar surface area (TPSA) is 79.0 Å². The predicted octanol–water partition coefficient (Wildman–Crippen LogP) is 3.20. The van der Waals surface area contributed by atoms with Crippen molar-refractivity contribution in [2.24, 2.45) is 0 Å². The van der Waals surface area contributed by atoms with E-state index in [-0.39, 0.29) is 11.9 Å². The number of amides is 1. The molecule has 0 saturated carbocycles. The molecule has 2 heterocycles. The number of anilines is 1. The fraction of sp³-hybridized carbons (Fsp3) is 0.480. The molecule has 4 rings (SSSR count). The summed E-state index contributed by atoms with van der Waals surface area (Å²) in [5.41, 5.74) is 2.15. The number of ether oxygens (including phenoxy) is 1. The van der Waals surface area contributed by atoms with Crippen LogP contribution in [-0.2, 0) is 21.2 Å². The molecule has 2 fully saturated rings. The molecule has 1 amide bonds. The SMILES string of the molecule is COc1ccc(N2CCC(NC(=O)CCc3ccc(S(=O)(=O)N4CCCC4)cc3)CC2)cc1. The first-order valence-corrected chi connectivity index (χ1v) is 13.2. The second kappa shape index (κ2) is 10.6. The lowest BCUT2D eigenvalue weighted by atomic mass is 10.0. The van der Waals surface area contributed by atoms with E-state index in [4.69, 9.17) is 4.74 Å². The Morgan fingerprint density at radius 1 is 0.970 bits per heavy atom. The molecule has 2 saturated heterocycles. The number of carbonyl (C=O) groups excluding carboxylic acids is 1. The van der Waals surface area contributed by atoms with Crippen LogP contribution in [0, 0.1) is 0 Å². The first-order chi connectivity index (χ1) is 16.0. The Labute approximate surface area is 196 Å². The molecule has 0 spiro atoms. The fourth-order valence-electron chi connectivity index (χ4n) is 4.54. The normalized spacial score (nSPS) is 17.8. The summed E-state index contributed by atoms with van der Waals surface area (Å²) in [5, 5.41) is 3.16. The minimum absolute atomic E-state index is 0.0478. The number of rotatable bonds is 8. The third-order valence-electron chi connectivity index (χ3n) is 6.56. The number of methoxy groups -OCH3 is 1. The molecule has 8 heteroatoms. The van der Waals surface area contributed by atoms with Gasteiger partial charge in [0, 0.05) is 44.3 Å². The smallest absolute Gasteiger partial charge is 0.243 e. The number of sulfonamides is 1. The van der Waals surface area contributed by atoms with Crippen LogP contribution in [0.15, 0.2) is 53.4 Å². The van der Waals surface area contributed by atoms with Crippen molar-refractivity contribution in [1.82, 2.24) is 9.62 Å². The minimum Gasteiger partial charge on any atom is -0.497 e. The Balaban J connectivity index is 1.21. The van der Waals surface area contributed by atoms with Gasteiger partial charge in [0.15, 0.2) is 0 Å². The van der Waals surface area contributed by atoms with Gasteiger partial charge < -0.3 is 15.0 Å². The summed E-state index contributed by atoms with van der Waals surface area (Å²) < 4.78 is 32.0. The first-order valence-electron chi connectivity index (χ1n) is 11.7. The van der Waals surface area contributed by atoms with E-state index < -0.39 is 10.0 Å². The van der Waals surface area contributed by atoms with Crippen molar-refractivity contribution in [2.45, 2.75) is 49.5 Å². The molecule has 0 radical (unpaired) electrons. The van der Waals surface area contributed by atoms with Gasteiger partial charge in [-0.25, -0.2) is 8.42 Å². The Morgan fingerprint density at radius 2 is 1.61 bits per heavy atom. The highest BCUT2D eigenvalue weighted by Crippen LogP contribution is 2.23. The largest absolute Gasteiger partial charge is 0.497 e. The number of carbonyl (C=O) groups is 1. The lowest BCUT2D eigenvalue weighted by Crippen LogP contribution is -2.44. The van der Waals surface area contributed by atoms with Crippen molar-refractivity contribution in [3.05, 3.63) is 54.1 Å². The molecule has 178 valence electrons. The van der Waals surface area contributed by atoms with Gasteiger partial charge in [0.05, 0.1) is 12.0 Å². The van der Waals surface area contributed by atoms with Crippen molar-refractivity contribution in [3.8, 4) is 5.75 Å². The second-order valence-electron chi connectivity index (χ2n) is 8.78. The van der Waals surface area contributed by atoms with Crippen LogP contribution in [0.1, 0.15) is 37.7 Å². The molecule has 0 bridgehead atoms. The highest BCUT2D eigenvalue weighted by atomic mass is 32.2. The summed E-state index contributed by atoms with van der Waals surface area (Å²) in [5.74, 6) is 0.899. The van der Waals surface area contributed by atoms with Gasteiger partial charge in [-0.05, 0) is 74.1 Å². The predicted molar refractivity (Wildman–Crippen MR) is 129 cm³/mol. The summed E-state index contributed by atoms with van der Waals surface area (Å²) in [6.07, 6.45) is 4.68. The summed E-state index contributed by atoms with van der Waals surface area (Å²) >= 11 is 0. The molecule has 2 aliphatic heterocycles. The molecule has 2 aliphatic rings. The van der Waals surface area contributed by atoms with Gasteiger partial charge in [-0.3, -0.25) is 4.79 Å². The number of hydrogen-bond donors (Lipinski definition) is 1. The number of benzene rings is 2. The maximum atomic E-state index is 12.6. The van der Waals surface area contributed by atoms with Gasteiger partial charge in [-0.15, -0.1) is 0 Å². The highest BCUT2D eigenvalue weighted by Gasteiger charge is 2.27. The van der Waals surface area contributed by atoms with Crippen molar-refractivity contribution < 1.29 is 17.9 Å². The van der Waals surface area contributed by atoms with Crippen LogP contribution in [0.5, 0.6) is 5.75 Å². The summed E-state index contributed by atoms with van der Waals surface area (Å²) in [4.78, 5) is 15.1.